The molecule has 1 aliphatic heterocycles. The highest BCUT2D eigenvalue weighted by Gasteiger charge is 2.20. The SMILES string of the molecule is CCNC(=O)CN1CCC[C@H](CO)C1. The number of rotatable bonds is 4. The highest BCUT2D eigenvalue weighted by Crippen LogP contribution is 2.14. The van der Waals surface area contributed by atoms with E-state index in [2.05, 4.69) is 10.2 Å². The van der Waals surface area contributed by atoms with Crippen LogP contribution in [0.2, 0.25) is 0 Å². The van der Waals surface area contributed by atoms with E-state index in [1.807, 2.05) is 6.92 Å². The Morgan fingerprint density at radius 1 is 1.64 bits per heavy atom. The topological polar surface area (TPSA) is 52.6 Å². The monoisotopic (exact) mass is 200 g/mol. The number of hydrogen-bond donors (Lipinski definition) is 2. The average molecular weight is 200 g/mol. The molecular weight excluding hydrogens is 180 g/mol. The van der Waals surface area contributed by atoms with E-state index < -0.39 is 0 Å². The van der Waals surface area contributed by atoms with Crippen molar-refractivity contribution in [1.82, 2.24) is 10.2 Å². The molecule has 82 valence electrons. The number of likely N-dealkylation sites (tertiary alicyclic amines) is 1. The lowest BCUT2D eigenvalue weighted by molar-refractivity contribution is -0.122. The molecule has 1 saturated heterocycles. The minimum absolute atomic E-state index is 0.0890. The van der Waals surface area contributed by atoms with E-state index >= 15 is 0 Å². The van der Waals surface area contributed by atoms with Gasteiger partial charge < -0.3 is 10.4 Å². The van der Waals surface area contributed by atoms with Crippen molar-refractivity contribution in [3.8, 4) is 0 Å². The van der Waals surface area contributed by atoms with Gasteiger partial charge in [0.25, 0.3) is 0 Å². The van der Waals surface area contributed by atoms with Crippen LogP contribution in [0.4, 0.5) is 0 Å². The number of amides is 1. The Morgan fingerprint density at radius 2 is 2.43 bits per heavy atom. The number of aliphatic hydroxyl groups excluding tert-OH is 1. The summed E-state index contributed by atoms with van der Waals surface area (Å²) in [5.41, 5.74) is 0. The minimum Gasteiger partial charge on any atom is -0.396 e. The molecule has 0 aromatic heterocycles. The molecule has 0 saturated carbocycles. The second-order valence-electron chi connectivity index (χ2n) is 3.88. The molecule has 0 aromatic carbocycles. The van der Waals surface area contributed by atoms with Crippen LogP contribution in [0.15, 0.2) is 0 Å². The van der Waals surface area contributed by atoms with Crippen LogP contribution in [0.5, 0.6) is 0 Å². The van der Waals surface area contributed by atoms with Crippen molar-refractivity contribution in [2.24, 2.45) is 5.92 Å². The summed E-state index contributed by atoms with van der Waals surface area (Å²) in [4.78, 5) is 13.4. The first-order valence-corrected chi connectivity index (χ1v) is 5.36. The lowest BCUT2D eigenvalue weighted by Gasteiger charge is -2.31. The number of piperidine rings is 1. The molecular formula is C10H20N2O2. The quantitative estimate of drug-likeness (QED) is 0.662. The second kappa shape index (κ2) is 5.98. The molecule has 4 nitrogen and oxygen atoms in total. The molecule has 1 aliphatic rings. The fraction of sp³-hybridized carbons (Fsp3) is 0.900. The molecule has 1 amide bonds. The van der Waals surface area contributed by atoms with Gasteiger partial charge in [0, 0.05) is 19.7 Å². The predicted molar refractivity (Wildman–Crippen MR) is 54.9 cm³/mol. The normalized spacial score (nSPS) is 23.4. The fourth-order valence-corrected chi connectivity index (χ4v) is 1.90. The van der Waals surface area contributed by atoms with Crippen molar-refractivity contribution >= 4 is 5.91 Å². The van der Waals surface area contributed by atoms with Crippen LogP contribution in [-0.2, 0) is 4.79 Å². The van der Waals surface area contributed by atoms with Gasteiger partial charge >= 0.3 is 0 Å². The van der Waals surface area contributed by atoms with Crippen molar-refractivity contribution in [2.45, 2.75) is 19.8 Å². The Kier molecular flexibility index (Phi) is 4.90. The van der Waals surface area contributed by atoms with Gasteiger partial charge in [-0.2, -0.15) is 0 Å². The summed E-state index contributed by atoms with van der Waals surface area (Å²) in [6.07, 6.45) is 2.17. The predicted octanol–water partition coefficient (Wildman–Crippen LogP) is -0.173. The van der Waals surface area contributed by atoms with E-state index in [1.54, 1.807) is 0 Å². The van der Waals surface area contributed by atoms with E-state index in [4.69, 9.17) is 5.11 Å². The van der Waals surface area contributed by atoms with Gasteiger partial charge in [-0.3, -0.25) is 9.69 Å². The van der Waals surface area contributed by atoms with Crippen LogP contribution in [0.25, 0.3) is 0 Å². The molecule has 1 heterocycles. The van der Waals surface area contributed by atoms with Gasteiger partial charge in [-0.15, -0.1) is 0 Å². The van der Waals surface area contributed by atoms with Crippen molar-refractivity contribution in [3.05, 3.63) is 0 Å². The zero-order valence-corrected chi connectivity index (χ0v) is 8.83. The van der Waals surface area contributed by atoms with Crippen LogP contribution in [0.3, 0.4) is 0 Å². The van der Waals surface area contributed by atoms with E-state index in [0.29, 0.717) is 19.0 Å². The molecule has 1 atom stereocenters. The molecule has 0 spiro atoms. The zero-order valence-electron chi connectivity index (χ0n) is 8.83. The molecule has 14 heavy (non-hydrogen) atoms. The molecule has 1 rings (SSSR count). The Morgan fingerprint density at radius 3 is 3.07 bits per heavy atom. The van der Waals surface area contributed by atoms with Crippen molar-refractivity contribution in [3.63, 3.8) is 0 Å². The largest absolute Gasteiger partial charge is 0.396 e. The molecule has 0 aliphatic carbocycles. The molecule has 4 heteroatoms. The lowest BCUT2D eigenvalue weighted by atomic mass is 9.99. The maximum atomic E-state index is 11.3. The maximum absolute atomic E-state index is 11.3. The Labute approximate surface area is 85.3 Å². The Hall–Kier alpha value is -0.610. The Bertz CT molecular complexity index is 185. The number of hydrogen-bond acceptors (Lipinski definition) is 3. The summed E-state index contributed by atoms with van der Waals surface area (Å²) < 4.78 is 0. The smallest absolute Gasteiger partial charge is 0.234 e. The highest BCUT2D eigenvalue weighted by molar-refractivity contribution is 5.77. The van der Waals surface area contributed by atoms with E-state index in [1.165, 1.54) is 0 Å². The first-order chi connectivity index (χ1) is 6.76. The third-order valence-corrected chi connectivity index (χ3v) is 2.60. The van der Waals surface area contributed by atoms with E-state index in [9.17, 15) is 4.79 Å². The van der Waals surface area contributed by atoms with Gasteiger partial charge in [0.05, 0.1) is 6.54 Å². The molecule has 0 aromatic rings. The minimum atomic E-state index is 0.0890. The summed E-state index contributed by atoms with van der Waals surface area (Å²) in [5.74, 6) is 0.448. The molecule has 0 bridgehead atoms. The molecule has 0 unspecified atom stereocenters. The molecule has 1 fully saturated rings. The summed E-state index contributed by atoms with van der Waals surface area (Å²) in [6.45, 7) is 5.16. The number of carbonyl (C=O) groups excluding carboxylic acids is 1. The summed E-state index contributed by atoms with van der Waals surface area (Å²) in [7, 11) is 0. The zero-order chi connectivity index (χ0) is 10.4. The van der Waals surface area contributed by atoms with Crippen LogP contribution in [-0.4, -0.2) is 48.7 Å². The van der Waals surface area contributed by atoms with Gasteiger partial charge in [0.15, 0.2) is 0 Å². The van der Waals surface area contributed by atoms with Gasteiger partial charge in [0.1, 0.15) is 0 Å². The van der Waals surface area contributed by atoms with Crippen molar-refractivity contribution in [2.75, 3.05) is 32.8 Å². The van der Waals surface area contributed by atoms with Crippen molar-refractivity contribution < 1.29 is 9.90 Å². The van der Waals surface area contributed by atoms with Crippen LogP contribution >= 0.6 is 0 Å². The number of carbonyl (C=O) groups is 1. The van der Waals surface area contributed by atoms with Gasteiger partial charge in [-0.05, 0) is 32.2 Å². The lowest BCUT2D eigenvalue weighted by Crippen LogP contribution is -2.43. The average Bonchev–Trinajstić information content (AvgIpc) is 2.18. The first kappa shape index (κ1) is 11.5. The third kappa shape index (κ3) is 3.64. The first-order valence-electron chi connectivity index (χ1n) is 5.36. The van der Waals surface area contributed by atoms with Crippen LogP contribution < -0.4 is 5.32 Å². The van der Waals surface area contributed by atoms with Crippen LogP contribution in [0.1, 0.15) is 19.8 Å². The van der Waals surface area contributed by atoms with Crippen LogP contribution in [0, 0.1) is 5.92 Å². The van der Waals surface area contributed by atoms with Gasteiger partial charge in [-0.25, -0.2) is 0 Å². The van der Waals surface area contributed by atoms with Gasteiger partial charge in [-0.1, -0.05) is 0 Å². The maximum Gasteiger partial charge on any atom is 0.234 e. The number of likely N-dealkylation sites (N-methyl/N-ethyl adjacent to an activating group) is 1. The molecule has 2 N–H and O–H groups in total. The molecule has 0 radical (unpaired) electrons. The summed E-state index contributed by atoms with van der Waals surface area (Å²) in [6, 6.07) is 0. The standard InChI is InChI=1S/C10H20N2O2/c1-2-11-10(14)7-12-5-3-4-9(6-12)8-13/h9,13H,2-8H2,1H3,(H,11,14)/t9-/m0/s1. The Balaban J connectivity index is 2.26. The number of nitrogens with zero attached hydrogens (tertiary/aromatic N) is 1. The fourth-order valence-electron chi connectivity index (χ4n) is 1.90. The summed E-state index contributed by atoms with van der Waals surface area (Å²) >= 11 is 0. The second-order valence-corrected chi connectivity index (χ2v) is 3.88. The number of aliphatic hydroxyl groups is 1. The number of nitrogens with one attached hydrogen (secondary N) is 1. The van der Waals surface area contributed by atoms with E-state index in [0.717, 1.165) is 25.9 Å². The highest BCUT2D eigenvalue weighted by atomic mass is 16.3. The summed E-state index contributed by atoms with van der Waals surface area (Å²) in [5, 5.41) is 11.8. The van der Waals surface area contributed by atoms with E-state index in [-0.39, 0.29) is 12.5 Å². The van der Waals surface area contributed by atoms with Crippen molar-refractivity contribution in [1.29, 1.82) is 0 Å². The third-order valence-electron chi connectivity index (χ3n) is 2.60. The van der Waals surface area contributed by atoms with Gasteiger partial charge in [0.2, 0.25) is 5.91 Å².